The molecule has 200 valence electrons. The van der Waals surface area contributed by atoms with Crippen LogP contribution in [-0.2, 0) is 33.3 Å². The highest BCUT2D eigenvalue weighted by atomic mass is 16.8. The van der Waals surface area contributed by atoms with Gasteiger partial charge in [0.2, 0.25) is 6.29 Å². The Balaban J connectivity index is 2.31. The molecule has 0 saturated carbocycles. The molecule has 10 atom stereocenters. The lowest BCUT2D eigenvalue weighted by Gasteiger charge is -2.45. The van der Waals surface area contributed by atoms with E-state index in [0.717, 1.165) is 0 Å². The third kappa shape index (κ3) is 6.64. The standard InChI is InChI=1S/C22H34O13/c1-5-9(3)19(29)33-17-14(26)12(8-24)31-21(16(17)28)35-22-18(34-20(30)10(4)6-2)15(27)13(25)11(7-23)32-22/h5-6,11-18,21-28H,7-8H2,1-4H3/b9-5-,10-6-. The van der Waals surface area contributed by atoms with E-state index in [2.05, 4.69) is 0 Å². The predicted molar refractivity (Wildman–Crippen MR) is 115 cm³/mol. The van der Waals surface area contributed by atoms with Crippen LogP contribution in [0.4, 0.5) is 0 Å². The minimum atomic E-state index is -1.81. The summed E-state index contributed by atoms with van der Waals surface area (Å²) >= 11 is 0. The number of esters is 2. The molecule has 10 unspecified atom stereocenters. The number of hydrogen-bond donors (Lipinski definition) is 6. The van der Waals surface area contributed by atoms with E-state index in [4.69, 9.17) is 23.7 Å². The Hall–Kier alpha value is -1.94. The van der Waals surface area contributed by atoms with Crippen molar-refractivity contribution in [2.75, 3.05) is 13.2 Å². The highest BCUT2D eigenvalue weighted by molar-refractivity contribution is 5.88. The van der Waals surface area contributed by atoms with Gasteiger partial charge in [0.1, 0.15) is 36.6 Å². The van der Waals surface area contributed by atoms with E-state index in [0.29, 0.717) is 0 Å². The number of aliphatic hydroxyl groups excluding tert-OH is 6. The van der Waals surface area contributed by atoms with Crippen LogP contribution in [0, 0.1) is 0 Å². The fourth-order valence-corrected chi connectivity index (χ4v) is 3.40. The second kappa shape index (κ2) is 12.9. The maximum atomic E-state index is 12.3. The first kappa shape index (κ1) is 29.3. The Morgan fingerprint density at radius 2 is 1.17 bits per heavy atom. The van der Waals surface area contributed by atoms with Crippen LogP contribution in [0.25, 0.3) is 0 Å². The molecular weight excluding hydrogens is 472 g/mol. The van der Waals surface area contributed by atoms with Crippen LogP contribution in [0.1, 0.15) is 27.7 Å². The molecule has 2 aliphatic heterocycles. The van der Waals surface area contributed by atoms with Gasteiger partial charge < -0.3 is 54.3 Å². The molecule has 0 aromatic heterocycles. The number of rotatable bonds is 8. The molecular formula is C22H34O13. The Labute approximate surface area is 202 Å². The second-order valence-electron chi connectivity index (χ2n) is 8.23. The predicted octanol–water partition coefficient (Wildman–Crippen LogP) is -2.36. The molecule has 2 saturated heterocycles. The minimum Gasteiger partial charge on any atom is -0.453 e. The van der Waals surface area contributed by atoms with Crippen molar-refractivity contribution in [2.24, 2.45) is 0 Å². The van der Waals surface area contributed by atoms with Gasteiger partial charge in [-0.1, -0.05) is 12.2 Å². The summed E-state index contributed by atoms with van der Waals surface area (Å²) in [5.74, 6) is -1.69. The summed E-state index contributed by atoms with van der Waals surface area (Å²) in [6, 6.07) is 0. The fourth-order valence-electron chi connectivity index (χ4n) is 3.40. The molecule has 6 N–H and O–H groups in total. The van der Waals surface area contributed by atoms with Gasteiger partial charge >= 0.3 is 11.9 Å². The fraction of sp³-hybridized carbons (Fsp3) is 0.727. The number of carbonyl (C=O) groups excluding carboxylic acids is 2. The van der Waals surface area contributed by atoms with Crippen molar-refractivity contribution in [1.29, 1.82) is 0 Å². The first-order valence-corrected chi connectivity index (χ1v) is 11.1. The van der Waals surface area contributed by atoms with Gasteiger partial charge in [0.25, 0.3) is 0 Å². The molecule has 2 aliphatic rings. The van der Waals surface area contributed by atoms with Gasteiger partial charge in [-0.15, -0.1) is 0 Å². The Morgan fingerprint density at radius 1 is 0.714 bits per heavy atom. The summed E-state index contributed by atoms with van der Waals surface area (Å²) in [5.41, 5.74) is 0.372. The molecule has 0 aromatic carbocycles. The maximum Gasteiger partial charge on any atom is 0.333 e. The summed E-state index contributed by atoms with van der Waals surface area (Å²) in [6.07, 6.45) is -13.2. The number of carbonyl (C=O) groups is 2. The normalized spacial score (nSPS) is 38.7. The third-order valence-electron chi connectivity index (χ3n) is 5.91. The highest BCUT2D eigenvalue weighted by Gasteiger charge is 2.52. The smallest absolute Gasteiger partial charge is 0.333 e. The van der Waals surface area contributed by atoms with Crippen LogP contribution in [0.15, 0.2) is 23.3 Å². The van der Waals surface area contributed by atoms with Crippen LogP contribution in [0.2, 0.25) is 0 Å². The zero-order valence-electron chi connectivity index (χ0n) is 19.9. The number of hydrogen-bond acceptors (Lipinski definition) is 13. The quantitative estimate of drug-likeness (QED) is 0.151. The lowest BCUT2D eigenvalue weighted by molar-refractivity contribution is -0.376. The van der Waals surface area contributed by atoms with Crippen LogP contribution in [0.3, 0.4) is 0 Å². The molecule has 13 heteroatoms. The van der Waals surface area contributed by atoms with Crippen molar-refractivity contribution in [1.82, 2.24) is 0 Å². The molecule has 0 aromatic rings. The summed E-state index contributed by atoms with van der Waals surface area (Å²) in [6.45, 7) is 4.61. The largest absolute Gasteiger partial charge is 0.453 e. The van der Waals surface area contributed by atoms with Crippen molar-refractivity contribution in [3.8, 4) is 0 Å². The zero-order chi connectivity index (χ0) is 26.4. The van der Waals surface area contributed by atoms with Crippen LogP contribution in [0.5, 0.6) is 0 Å². The molecule has 13 nitrogen and oxygen atoms in total. The monoisotopic (exact) mass is 506 g/mol. The lowest BCUT2D eigenvalue weighted by atomic mass is 9.97. The molecule has 35 heavy (non-hydrogen) atoms. The Morgan fingerprint density at radius 3 is 1.66 bits per heavy atom. The Bertz CT molecular complexity index is 796. The number of allylic oxidation sites excluding steroid dienone is 2. The van der Waals surface area contributed by atoms with Gasteiger partial charge in [0.05, 0.1) is 13.2 Å². The maximum absolute atomic E-state index is 12.3. The lowest BCUT2D eigenvalue weighted by Crippen LogP contribution is -2.65. The summed E-state index contributed by atoms with van der Waals surface area (Å²) < 4.78 is 26.9. The summed E-state index contributed by atoms with van der Waals surface area (Å²) in [4.78, 5) is 24.5. The molecule has 0 aliphatic carbocycles. The molecule has 2 rings (SSSR count). The van der Waals surface area contributed by atoms with Crippen LogP contribution < -0.4 is 0 Å². The van der Waals surface area contributed by atoms with E-state index < -0.39 is 86.6 Å². The van der Waals surface area contributed by atoms with E-state index >= 15 is 0 Å². The van der Waals surface area contributed by atoms with Crippen molar-refractivity contribution < 1.29 is 63.9 Å². The van der Waals surface area contributed by atoms with E-state index in [9.17, 15) is 40.2 Å². The average Bonchev–Trinajstić information content (AvgIpc) is 2.85. The SMILES string of the molecule is C/C=C(/C)C(=O)OC1C(OC2OC(CO)C(O)C(OC(=O)/C(C)=C\C)C2O)OC(CO)C(O)C1O. The van der Waals surface area contributed by atoms with E-state index in [1.807, 2.05) is 0 Å². The Kier molecular flexibility index (Phi) is 10.8. The average molecular weight is 507 g/mol. The zero-order valence-corrected chi connectivity index (χ0v) is 19.9. The molecule has 0 amide bonds. The van der Waals surface area contributed by atoms with Crippen LogP contribution >= 0.6 is 0 Å². The highest BCUT2D eigenvalue weighted by Crippen LogP contribution is 2.31. The van der Waals surface area contributed by atoms with Gasteiger partial charge in [0, 0.05) is 11.1 Å². The van der Waals surface area contributed by atoms with E-state index in [1.165, 1.54) is 26.0 Å². The van der Waals surface area contributed by atoms with Gasteiger partial charge in [-0.3, -0.25) is 0 Å². The molecule has 0 radical (unpaired) electrons. The van der Waals surface area contributed by atoms with Crippen LogP contribution in [-0.4, -0.2) is 117 Å². The topological polar surface area (TPSA) is 202 Å². The van der Waals surface area contributed by atoms with Crippen molar-refractivity contribution in [2.45, 2.75) is 89.1 Å². The van der Waals surface area contributed by atoms with Crippen molar-refractivity contribution >= 4 is 11.9 Å². The molecule has 0 bridgehead atoms. The van der Waals surface area contributed by atoms with Gasteiger partial charge in [-0.25, -0.2) is 9.59 Å². The van der Waals surface area contributed by atoms with E-state index in [-0.39, 0.29) is 11.1 Å². The minimum absolute atomic E-state index is 0.179. The first-order chi connectivity index (χ1) is 16.5. The third-order valence-corrected chi connectivity index (χ3v) is 5.91. The van der Waals surface area contributed by atoms with Crippen molar-refractivity contribution in [3.63, 3.8) is 0 Å². The molecule has 2 fully saturated rings. The van der Waals surface area contributed by atoms with E-state index in [1.54, 1.807) is 13.8 Å². The molecule has 0 spiro atoms. The summed E-state index contributed by atoms with van der Waals surface area (Å²) in [5, 5.41) is 61.1. The summed E-state index contributed by atoms with van der Waals surface area (Å²) in [7, 11) is 0. The number of aliphatic hydroxyl groups is 6. The van der Waals surface area contributed by atoms with Gasteiger partial charge in [-0.05, 0) is 27.7 Å². The number of ether oxygens (including phenoxy) is 5. The van der Waals surface area contributed by atoms with Crippen molar-refractivity contribution in [3.05, 3.63) is 23.3 Å². The second-order valence-corrected chi connectivity index (χ2v) is 8.23. The first-order valence-electron chi connectivity index (χ1n) is 11.1. The van der Waals surface area contributed by atoms with Gasteiger partial charge in [0.15, 0.2) is 18.5 Å². The van der Waals surface area contributed by atoms with Gasteiger partial charge in [-0.2, -0.15) is 0 Å². The molecule has 2 heterocycles.